The van der Waals surface area contributed by atoms with Crippen LogP contribution < -0.4 is 9.64 Å². The summed E-state index contributed by atoms with van der Waals surface area (Å²) in [5.41, 5.74) is 0. The van der Waals surface area contributed by atoms with Crippen LogP contribution in [0.2, 0.25) is 0 Å². The summed E-state index contributed by atoms with van der Waals surface area (Å²) in [5.74, 6) is 1.60. The summed E-state index contributed by atoms with van der Waals surface area (Å²) in [6, 6.07) is 2.54. The lowest BCUT2D eigenvalue weighted by Crippen LogP contribution is -2.41. The van der Waals surface area contributed by atoms with Gasteiger partial charge < -0.3 is 9.64 Å². The van der Waals surface area contributed by atoms with E-state index >= 15 is 0 Å². The molecule has 1 fully saturated rings. The molecule has 1 aromatic heterocycles. The second-order valence-corrected chi connectivity index (χ2v) is 4.68. The van der Waals surface area contributed by atoms with Crippen LogP contribution in [0.4, 0.5) is 5.82 Å². The first-order chi connectivity index (χ1) is 7.85. The topological polar surface area (TPSA) is 38.2 Å². The van der Waals surface area contributed by atoms with Gasteiger partial charge in [-0.1, -0.05) is 15.9 Å². The van der Waals surface area contributed by atoms with E-state index in [1.54, 1.807) is 13.4 Å². The number of aromatic nitrogens is 2. The number of hydrogen-bond donors (Lipinski definition) is 0. The minimum Gasteiger partial charge on any atom is -0.481 e. The van der Waals surface area contributed by atoms with Gasteiger partial charge in [0, 0.05) is 24.0 Å². The maximum atomic E-state index is 5.13. The van der Waals surface area contributed by atoms with E-state index in [-0.39, 0.29) is 0 Å². The SMILES string of the molecule is COc1cc(N(CCBr)C2CCC2)ncn1. The first-order valence-corrected chi connectivity index (χ1v) is 6.66. The fraction of sp³-hybridized carbons (Fsp3) is 0.636. The van der Waals surface area contributed by atoms with Gasteiger partial charge in [-0.25, -0.2) is 9.97 Å². The third-order valence-corrected chi connectivity index (χ3v) is 3.33. The van der Waals surface area contributed by atoms with Gasteiger partial charge in [0.15, 0.2) is 0 Å². The molecule has 0 aromatic carbocycles. The fourth-order valence-corrected chi connectivity index (χ4v) is 2.25. The van der Waals surface area contributed by atoms with Crippen LogP contribution in [0.1, 0.15) is 19.3 Å². The Morgan fingerprint density at radius 3 is 2.88 bits per heavy atom. The zero-order chi connectivity index (χ0) is 11.4. The first-order valence-electron chi connectivity index (χ1n) is 5.54. The molecule has 0 spiro atoms. The Morgan fingerprint density at radius 1 is 1.50 bits per heavy atom. The molecule has 1 aliphatic rings. The van der Waals surface area contributed by atoms with Crippen molar-refractivity contribution in [2.24, 2.45) is 0 Å². The summed E-state index contributed by atoms with van der Waals surface area (Å²) in [6.07, 6.45) is 5.42. The lowest BCUT2D eigenvalue weighted by atomic mass is 9.91. The summed E-state index contributed by atoms with van der Waals surface area (Å²) < 4.78 is 5.13. The van der Waals surface area contributed by atoms with Crippen LogP contribution in [0, 0.1) is 0 Å². The zero-order valence-corrected chi connectivity index (χ0v) is 11.0. The number of nitrogens with zero attached hydrogens (tertiary/aromatic N) is 3. The highest BCUT2D eigenvalue weighted by molar-refractivity contribution is 9.09. The van der Waals surface area contributed by atoms with Gasteiger partial charge >= 0.3 is 0 Å². The van der Waals surface area contributed by atoms with Crippen LogP contribution in [0.5, 0.6) is 5.88 Å². The van der Waals surface area contributed by atoms with Crippen molar-refractivity contribution in [3.63, 3.8) is 0 Å². The second kappa shape index (κ2) is 5.48. The van der Waals surface area contributed by atoms with E-state index in [9.17, 15) is 0 Å². The fourth-order valence-electron chi connectivity index (χ4n) is 1.87. The van der Waals surface area contributed by atoms with Crippen molar-refractivity contribution in [3.05, 3.63) is 12.4 Å². The van der Waals surface area contributed by atoms with Gasteiger partial charge in [0.2, 0.25) is 5.88 Å². The Labute approximate surface area is 104 Å². The Morgan fingerprint density at radius 2 is 2.31 bits per heavy atom. The highest BCUT2D eigenvalue weighted by Gasteiger charge is 2.25. The van der Waals surface area contributed by atoms with Crippen molar-refractivity contribution in [3.8, 4) is 5.88 Å². The monoisotopic (exact) mass is 285 g/mol. The molecule has 0 radical (unpaired) electrons. The molecule has 0 aliphatic heterocycles. The molecule has 0 bridgehead atoms. The minimum atomic E-state index is 0.629. The van der Waals surface area contributed by atoms with Gasteiger partial charge in [-0.05, 0) is 19.3 Å². The third-order valence-electron chi connectivity index (χ3n) is 2.97. The van der Waals surface area contributed by atoms with E-state index in [0.29, 0.717) is 11.9 Å². The van der Waals surface area contributed by atoms with Crippen molar-refractivity contribution >= 4 is 21.7 Å². The van der Waals surface area contributed by atoms with Gasteiger partial charge in [0.1, 0.15) is 12.1 Å². The second-order valence-electron chi connectivity index (χ2n) is 3.89. The molecule has 0 unspecified atom stereocenters. The predicted molar refractivity (Wildman–Crippen MR) is 67.4 cm³/mol. The minimum absolute atomic E-state index is 0.629. The van der Waals surface area contributed by atoms with Crippen LogP contribution in [0.25, 0.3) is 0 Å². The van der Waals surface area contributed by atoms with Crippen molar-refractivity contribution in [1.82, 2.24) is 9.97 Å². The molecule has 1 heterocycles. The van der Waals surface area contributed by atoms with E-state index in [2.05, 4.69) is 30.8 Å². The molecule has 4 nitrogen and oxygen atoms in total. The normalized spacial score (nSPS) is 15.6. The molecule has 5 heteroatoms. The van der Waals surface area contributed by atoms with Crippen molar-refractivity contribution < 1.29 is 4.74 Å². The average molecular weight is 286 g/mol. The largest absolute Gasteiger partial charge is 0.481 e. The molecule has 0 saturated heterocycles. The smallest absolute Gasteiger partial charge is 0.218 e. The van der Waals surface area contributed by atoms with Gasteiger partial charge in [0.25, 0.3) is 0 Å². The van der Waals surface area contributed by atoms with Crippen LogP contribution >= 0.6 is 15.9 Å². The highest BCUT2D eigenvalue weighted by Crippen LogP contribution is 2.29. The Bertz CT molecular complexity index is 344. The van der Waals surface area contributed by atoms with Gasteiger partial charge in [-0.15, -0.1) is 0 Å². The number of anilines is 1. The van der Waals surface area contributed by atoms with Crippen LogP contribution in [-0.4, -0.2) is 35.0 Å². The van der Waals surface area contributed by atoms with Crippen molar-refractivity contribution in [2.45, 2.75) is 25.3 Å². The molecule has 1 saturated carbocycles. The number of alkyl halides is 1. The van der Waals surface area contributed by atoms with Gasteiger partial charge in [-0.2, -0.15) is 0 Å². The molecule has 0 N–H and O–H groups in total. The van der Waals surface area contributed by atoms with Crippen LogP contribution in [0.3, 0.4) is 0 Å². The number of methoxy groups -OCH3 is 1. The van der Waals surface area contributed by atoms with Gasteiger partial charge in [-0.3, -0.25) is 0 Å². The third kappa shape index (κ3) is 2.45. The summed E-state index contributed by atoms with van der Waals surface area (Å²) in [6.45, 7) is 0.977. The molecule has 2 rings (SSSR count). The summed E-state index contributed by atoms with van der Waals surface area (Å²) in [7, 11) is 1.63. The van der Waals surface area contributed by atoms with Crippen molar-refractivity contribution in [2.75, 3.05) is 23.9 Å². The van der Waals surface area contributed by atoms with Crippen molar-refractivity contribution in [1.29, 1.82) is 0 Å². The lowest BCUT2D eigenvalue weighted by molar-refractivity contribution is 0.383. The quantitative estimate of drug-likeness (QED) is 0.778. The predicted octanol–water partition coefficient (Wildman–Crippen LogP) is 2.24. The van der Waals surface area contributed by atoms with E-state index in [0.717, 1.165) is 17.7 Å². The summed E-state index contributed by atoms with van der Waals surface area (Å²) in [4.78, 5) is 10.7. The van der Waals surface area contributed by atoms with E-state index in [4.69, 9.17) is 4.74 Å². The van der Waals surface area contributed by atoms with Gasteiger partial charge in [0.05, 0.1) is 7.11 Å². The maximum Gasteiger partial charge on any atom is 0.218 e. The first kappa shape index (κ1) is 11.6. The van der Waals surface area contributed by atoms with E-state index in [1.165, 1.54) is 19.3 Å². The molecule has 16 heavy (non-hydrogen) atoms. The molecular weight excluding hydrogens is 270 g/mol. The standard InChI is InChI=1S/C11H16BrN3O/c1-16-11-7-10(13-8-14-11)15(6-5-12)9-3-2-4-9/h7-9H,2-6H2,1H3. The summed E-state index contributed by atoms with van der Waals surface area (Å²) in [5, 5.41) is 0.954. The highest BCUT2D eigenvalue weighted by atomic mass is 79.9. The Kier molecular flexibility index (Phi) is 3.98. The molecular formula is C11H16BrN3O. The number of rotatable bonds is 5. The Balaban J connectivity index is 2.16. The molecule has 1 aliphatic carbocycles. The average Bonchev–Trinajstić information content (AvgIpc) is 2.26. The Hall–Kier alpha value is -0.840. The molecule has 1 aromatic rings. The number of hydrogen-bond acceptors (Lipinski definition) is 4. The van der Waals surface area contributed by atoms with Crippen LogP contribution in [-0.2, 0) is 0 Å². The lowest BCUT2D eigenvalue weighted by Gasteiger charge is -2.38. The molecule has 0 amide bonds. The molecule has 88 valence electrons. The maximum absolute atomic E-state index is 5.13. The zero-order valence-electron chi connectivity index (χ0n) is 9.40. The van der Waals surface area contributed by atoms with E-state index < -0.39 is 0 Å². The number of ether oxygens (including phenoxy) is 1. The summed E-state index contributed by atoms with van der Waals surface area (Å²) >= 11 is 3.49. The number of halogens is 1. The van der Waals surface area contributed by atoms with Crippen LogP contribution in [0.15, 0.2) is 12.4 Å². The van der Waals surface area contributed by atoms with E-state index in [1.807, 2.05) is 6.07 Å². The molecule has 0 atom stereocenters.